The topological polar surface area (TPSA) is 36.0 Å². The molecule has 0 aliphatic carbocycles. The fourth-order valence-electron chi connectivity index (χ4n) is 3.91. The van der Waals surface area contributed by atoms with Gasteiger partial charge in [-0.1, -0.05) is 29.8 Å². The molecule has 0 bridgehead atoms. The minimum atomic E-state index is 0.139. The highest BCUT2D eigenvalue weighted by atomic mass is 16.5. The number of aryl methyl sites for hydroxylation is 1. The van der Waals surface area contributed by atoms with Gasteiger partial charge in [0.2, 0.25) is 0 Å². The number of nitrogens with zero attached hydrogens (tertiary/aromatic N) is 3. The Morgan fingerprint density at radius 1 is 0.815 bits per heavy atom. The molecule has 0 saturated carbocycles. The highest BCUT2D eigenvalue weighted by Gasteiger charge is 2.25. The minimum Gasteiger partial charge on any atom is -0.378 e. The molecule has 2 aromatic carbocycles. The molecule has 2 aromatic rings. The first kappa shape index (κ1) is 17.9. The van der Waals surface area contributed by atoms with Crippen molar-refractivity contribution in [1.29, 1.82) is 0 Å². The third kappa shape index (κ3) is 3.93. The molecule has 4 rings (SSSR count). The Kier molecular flexibility index (Phi) is 5.30. The quantitative estimate of drug-likeness (QED) is 0.838. The van der Waals surface area contributed by atoms with E-state index in [-0.39, 0.29) is 5.91 Å². The van der Waals surface area contributed by atoms with Crippen molar-refractivity contribution < 1.29 is 9.53 Å². The summed E-state index contributed by atoms with van der Waals surface area (Å²) in [6.45, 7) is 8.69. The van der Waals surface area contributed by atoms with Gasteiger partial charge < -0.3 is 19.4 Å². The number of para-hydroxylation sites is 2. The summed E-state index contributed by atoms with van der Waals surface area (Å²) in [4.78, 5) is 19.6. The molecule has 2 fully saturated rings. The van der Waals surface area contributed by atoms with Gasteiger partial charge in [0.1, 0.15) is 0 Å². The number of benzene rings is 2. The summed E-state index contributed by atoms with van der Waals surface area (Å²) in [7, 11) is 0. The lowest BCUT2D eigenvalue weighted by molar-refractivity contribution is 0.0746. The lowest BCUT2D eigenvalue weighted by Gasteiger charge is -2.39. The molecule has 5 nitrogen and oxygen atoms in total. The first-order valence-corrected chi connectivity index (χ1v) is 9.75. The Labute approximate surface area is 161 Å². The zero-order valence-corrected chi connectivity index (χ0v) is 15.9. The second-order valence-electron chi connectivity index (χ2n) is 7.24. The van der Waals surface area contributed by atoms with E-state index in [1.807, 2.05) is 36.1 Å². The second kappa shape index (κ2) is 8.01. The number of carbonyl (C=O) groups is 1. The molecule has 142 valence electrons. The average molecular weight is 365 g/mol. The Hall–Kier alpha value is -2.53. The zero-order valence-electron chi connectivity index (χ0n) is 15.9. The van der Waals surface area contributed by atoms with Crippen molar-refractivity contribution >= 4 is 17.3 Å². The number of carbonyl (C=O) groups excluding carboxylic acids is 1. The first-order valence-electron chi connectivity index (χ1n) is 9.75. The van der Waals surface area contributed by atoms with E-state index < -0.39 is 0 Å². The number of rotatable bonds is 3. The normalized spacial score (nSPS) is 17.9. The Morgan fingerprint density at radius 3 is 2.07 bits per heavy atom. The number of morpholine rings is 1. The average Bonchev–Trinajstić information content (AvgIpc) is 2.74. The van der Waals surface area contributed by atoms with E-state index in [4.69, 9.17) is 4.74 Å². The molecular formula is C22H27N3O2. The molecule has 0 atom stereocenters. The predicted octanol–water partition coefficient (Wildman–Crippen LogP) is 2.79. The van der Waals surface area contributed by atoms with Crippen molar-refractivity contribution in [2.75, 3.05) is 62.3 Å². The van der Waals surface area contributed by atoms with Gasteiger partial charge in [0.15, 0.2) is 0 Å². The maximum absolute atomic E-state index is 12.8. The van der Waals surface area contributed by atoms with Crippen LogP contribution >= 0.6 is 0 Å². The molecule has 0 unspecified atom stereocenters. The summed E-state index contributed by atoms with van der Waals surface area (Å²) in [5.41, 5.74) is 4.46. The van der Waals surface area contributed by atoms with Crippen LogP contribution in [0.1, 0.15) is 15.9 Å². The van der Waals surface area contributed by atoms with Crippen molar-refractivity contribution in [3.05, 3.63) is 59.7 Å². The Bertz CT molecular complexity index is 794. The number of amides is 1. The molecule has 2 saturated heterocycles. The molecule has 0 N–H and O–H groups in total. The Morgan fingerprint density at radius 2 is 1.44 bits per heavy atom. The second-order valence-corrected chi connectivity index (χ2v) is 7.24. The van der Waals surface area contributed by atoms with Gasteiger partial charge in [-0.3, -0.25) is 4.79 Å². The van der Waals surface area contributed by atoms with Crippen LogP contribution in [0, 0.1) is 6.92 Å². The van der Waals surface area contributed by atoms with E-state index in [1.54, 1.807) is 0 Å². The van der Waals surface area contributed by atoms with E-state index in [1.165, 1.54) is 11.4 Å². The lowest BCUT2D eigenvalue weighted by atomic mass is 10.1. The maximum atomic E-state index is 12.8. The molecule has 5 heteroatoms. The summed E-state index contributed by atoms with van der Waals surface area (Å²) in [5, 5.41) is 0. The SMILES string of the molecule is Cc1cccc(C(=O)N2CCN(c3ccccc3N3CCOCC3)CC2)c1. The van der Waals surface area contributed by atoms with Crippen LogP contribution in [0.15, 0.2) is 48.5 Å². The van der Waals surface area contributed by atoms with Crippen LogP contribution < -0.4 is 9.80 Å². The Balaban J connectivity index is 1.44. The fourth-order valence-corrected chi connectivity index (χ4v) is 3.91. The van der Waals surface area contributed by atoms with E-state index in [0.717, 1.165) is 63.6 Å². The van der Waals surface area contributed by atoms with Gasteiger partial charge in [-0.15, -0.1) is 0 Å². The summed E-state index contributed by atoms with van der Waals surface area (Å²) in [6, 6.07) is 16.5. The van der Waals surface area contributed by atoms with E-state index >= 15 is 0 Å². The predicted molar refractivity (Wildman–Crippen MR) is 109 cm³/mol. The molecule has 1 amide bonds. The fraction of sp³-hybridized carbons (Fsp3) is 0.409. The highest BCUT2D eigenvalue weighted by Crippen LogP contribution is 2.30. The molecule has 2 aliphatic heterocycles. The van der Waals surface area contributed by atoms with Gasteiger partial charge in [-0.05, 0) is 31.2 Å². The van der Waals surface area contributed by atoms with Crippen LogP contribution in [0.2, 0.25) is 0 Å². The van der Waals surface area contributed by atoms with Crippen molar-refractivity contribution in [2.24, 2.45) is 0 Å². The molecule has 0 radical (unpaired) electrons. The van der Waals surface area contributed by atoms with Gasteiger partial charge >= 0.3 is 0 Å². The van der Waals surface area contributed by atoms with E-state index in [2.05, 4.69) is 34.1 Å². The number of hydrogen-bond acceptors (Lipinski definition) is 4. The van der Waals surface area contributed by atoms with Crippen LogP contribution in [0.3, 0.4) is 0 Å². The standard InChI is InChI=1S/C22H27N3O2/c1-18-5-4-6-19(17-18)22(26)25-11-9-23(10-12-25)20-7-2-3-8-21(20)24-13-15-27-16-14-24/h2-8,17H,9-16H2,1H3. The van der Waals surface area contributed by atoms with Crippen molar-refractivity contribution in [3.8, 4) is 0 Å². The van der Waals surface area contributed by atoms with Crippen LogP contribution in [0.25, 0.3) is 0 Å². The van der Waals surface area contributed by atoms with Gasteiger partial charge in [-0.2, -0.15) is 0 Å². The third-order valence-corrected chi connectivity index (χ3v) is 5.41. The maximum Gasteiger partial charge on any atom is 0.253 e. The molecule has 2 aliphatic rings. The summed E-state index contributed by atoms with van der Waals surface area (Å²) >= 11 is 0. The summed E-state index contributed by atoms with van der Waals surface area (Å²) < 4.78 is 5.50. The van der Waals surface area contributed by atoms with Gasteiger partial charge in [-0.25, -0.2) is 0 Å². The van der Waals surface area contributed by atoms with Crippen LogP contribution in [0.5, 0.6) is 0 Å². The largest absolute Gasteiger partial charge is 0.378 e. The monoisotopic (exact) mass is 365 g/mol. The number of anilines is 2. The summed E-state index contributed by atoms with van der Waals surface area (Å²) in [5.74, 6) is 0.139. The molecule has 2 heterocycles. The zero-order chi connectivity index (χ0) is 18.6. The van der Waals surface area contributed by atoms with Crippen molar-refractivity contribution in [3.63, 3.8) is 0 Å². The van der Waals surface area contributed by atoms with Crippen LogP contribution in [-0.2, 0) is 4.74 Å². The molecular weight excluding hydrogens is 338 g/mol. The van der Waals surface area contributed by atoms with E-state index in [0.29, 0.717) is 0 Å². The van der Waals surface area contributed by atoms with Gasteiger partial charge in [0, 0.05) is 44.8 Å². The number of piperazine rings is 1. The molecule has 0 aromatic heterocycles. The van der Waals surface area contributed by atoms with Crippen molar-refractivity contribution in [1.82, 2.24) is 4.90 Å². The highest BCUT2D eigenvalue weighted by molar-refractivity contribution is 5.94. The minimum absolute atomic E-state index is 0.139. The number of ether oxygens (including phenoxy) is 1. The molecule has 0 spiro atoms. The smallest absolute Gasteiger partial charge is 0.253 e. The summed E-state index contributed by atoms with van der Waals surface area (Å²) in [6.07, 6.45) is 0. The van der Waals surface area contributed by atoms with Crippen LogP contribution in [0.4, 0.5) is 11.4 Å². The van der Waals surface area contributed by atoms with Crippen LogP contribution in [-0.4, -0.2) is 63.3 Å². The van der Waals surface area contributed by atoms with Gasteiger partial charge in [0.05, 0.1) is 24.6 Å². The lowest BCUT2D eigenvalue weighted by Crippen LogP contribution is -2.49. The first-order chi connectivity index (χ1) is 13.2. The third-order valence-electron chi connectivity index (χ3n) is 5.41. The van der Waals surface area contributed by atoms with Gasteiger partial charge in [0.25, 0.3) is 5.91 Å². The van der Waals surface area contributed by atoms with E-state index in [9.17, 15) is 4.79 Å². The van der Waals surface area contributed by atoms with Crippen molar-refractivity contribution in [2.45, 2.75) is 6.92 Å². The molecule has 27 heavy (non-hydrogen) atoms. The number of hydrogen-bond donors (Lipinski definition) is 0.